The third-order valence-corrected chi connectivity index (χ3v) is 3.91. The summed E-state index contributed by atoms with van der Waals surface area (Å²) in [6, 6.07) is 8.96. The predicted molar refractivity (Wildman–Crippen MR) is 73.0 cm³/mol. The molecule has 1 aromatic heterocycles. The number of hydrogen-bond donors (Lipinski definition) is 0. The molecular weight excluding hydrogens is 260 g/mol. The molecule has 0 bridgehead atoms. The van der Waals surface area contributed by atoms with Crippen molar-refractivity contribution in [3.05, 3.63) is 59.4 Å². The molecule has 0 saturated carbocycles. The fourth-order valence-corrected chi connectivity index (χ4v) is 2.88. The van der Waals surface area contributed by atoms with Crippen LogP contribution in [0.5, 0.6) is 0 Å². The van der Waals surface area contributed by atoms with Crippen molar-refractivity contribution in [2.75, 3.05) is 6.26 Å². The third-order valence-electron chi connectivity index (χ3n) is 2.95. The highest BCUT2D eigenvalue weighted by Crippen LogP contribution is 2.27. The van der Waals surface area contributed by atoms with Crippen LogP contribution in [0, 0.1) is 0 Å². The molecule has 0 spiro atoms. The number of aromatic nitrogens is 1. The molecule has 0 saturated heterocycles. The minimum atomic E-state index is -1.21. The fourth-order valence-electron chi connectivity index (χ4n) is 2.13. The minimum absolute atomic E-state index is 0.334. The molecule has 1 aromatic carbocycles. The van der Waals surface area contributed by atoms with E-state index < -0.39 is 10.8 Å². The van der Waals surface area contributed by atoms with Crippen LogP contribution in [0.1, 0.15) is 21.5 Å². The predicted octanol–water partition coefficient (Wildman–Crippen LogP) is 1.81. The van der Waals surface area contributed by atoms with E-state index in [1.807, 2.05) is 12.1 Å². The van der Waals surface area contributed by atoms with Gasteiger partial charge in [-0.2, -0.15) is 0 Å². The summed E-state index contributed by atoms with van der Waals surface area (Å²) in [5.41, 5.74) is 2.56. The van der Waals surface area contributed by atoms with Crippen molar-refractivity contribution in [1.82, 2.24) is 4.98 Å². The average Bonchev–Trinajstić information content (AvgIpc) is 2.77. The van der Waals surface area contributed by atoms with E-state index >= 15 is 0 Å². The van der Waals surface area contributed by atoms with Crippen LogP contribution in [-0.2, 0) is 10.8 Å². The molecular formula is C14H10N2O2S. The van der Waals surface area contributed by atoms with Crippen LogP contribution in [0.2, 0.25) is 0 Å². The maximum atomic E-state index is 12.0. The normalized spacial score (nSPS) is 15.0. The zero-order chi connectivity index (χ0) is 13.4. The summed E-state index contributed by atoms with van der Waals surface area (Å²) in [4.78, 5) is 20.7. The Labute approximate surface area is 112 Å². The molecule has 4 nitrogen and oxygen atoms in total. The smallest absolute Gasteiger partial charge is 0.267 e. The van der Waals surface area contributed by atoms with Crippen LogP contribution in [-0.4, -0.2) is 27.1 Å². The molecule has 19 heavy (non-hydrogen) atoms. The van der Waals surface area contributed by atoms with Crippen LogP contribution in [0.4, 0.5) is 0 Å². The topological polar surface area (TPSA) is 59.4 Å². The van der Waals surface area contributed by atoms with Crippen molar-refractivity contribution in [2.24, 2.45) is 4.99 Å². The van der Waals surface area contributed by atoms with Gasteiger partial charge < -0.3 is 0 Å². The van der Waals surface area contributed by atoms with E-state index in [4.69, 9.17) is 0 Å². The van der Waals surface area contributed by atoms with Gasteiger partial charge in [-0.3, -0.25) is 14.0 Å². The molecule has 2 heterocycles. The first kappa shape index (κ1) is 11.9. The molecule has 2 aromatic rings. The number of pyridine rings is 1. The van der Waals surface area contributed by atoms with Crippen molar-refractivity contribution in [2.45, 2.75) is 4.90 Å². The minimum Gasteiger partial charge on any atom is -0.267 e. The van der Waals surface area contributed by atoms with Gasteiger partial charge in [0.1, 0.15) is 0 Å². The molecule has 0 fully saturated rings. The highest BCUT2D eigenvalue weighted by atomic mass is 32.2. The number of hydrogen-bond acceptors (Lipinski definition) is 3. The van der Waals surface area contributed by atoms with Crippen LogP contribution >= 0.6 is 0 Å². The molecule has 0 N–H and O–H groups in total. The van der Waals surface area contributed by atoms with E-state index in [0.29, 0.717) is 16.2 Å². The van der Waals surface area contributed by atoms with E-state index in [-0.39, 0.29) is 5.91 Å². The summed E-state index contributed by atoms with van der Waals surface area (Å²) >= 11 is 0. The third kappa shape index (κ3) is 1.92. The number of carbonyl (C=O) groups is 1. The van der Waals surface area contributed by atoms with Gasteiger partial charge in [0.25, 0.3) is 5.91 Å². The summed E-state index contributed by atoms with van der Waals surface area (Å²) in [6.45, 7) is 0. The molecule has 1 aliphatic rings. The van der Waals surface area contributed by atoms with Gasteiger partial charge in [0, 0.05) is 29.8 Å². The van der Waals surface area contributed by atoms with Crippen molar-refractivity contribution in [3.63, 3.8) is 0 Å². The van der Waals surface area contributed by atoms with Crippen molar-refractivity contribution in [1.29, 1.82) is 0 Å². The summed E-state index contributed by atoms with van der Waals surface area (Å²) in [5, 5.41) is 0. The molecule has 1 unspecified atom stereocenters. The van der Waals surface area contributed by atoms with Gasteiger partial charge in [-0.05, 0) is 18.2 Å². The molecule has 1 amide bonds. The number of carbonyl (C=O) groups excluding carboxylic acids is 1. The Morgan fingerprint density at radius 3 is 2.68 bits per heavy atom. The Kier molecular flexibility index (Phi) is 2.83. The number of rotatable bonds is 2. The number of aliphatic imine (C=N–C) groups is 1. The lowest BCUT2D eigenvalue weighted by Crippen LogP contribution is -2.04. The monoisotopic (exact) mass is 270 g/mol. The van der Waals surface area contributed by atoms with Gasteiger partial charge in [-0.1, -0.05) is 12.1 Å². The summed E-state index contributed by atoms with van der Waals surface area (Å²) in [5.74, 6) is -0.334. The largest absolute Gasteiger partial charge is 0.279 e. The van der Waals surface area contributed by atoms with E-state index in [1.54, 1.807) is 36.8 Å². The van der Waals surface area contributed by atoms with E-state index in [9.17, 15) is 9.00 Å². The second kappa shape index (κ2) is 4.51. The van der Waals surface area contributed by atoms with Gasteiger partial charge in [-0.15, -0.1) is 0 Å². The first-order chi connectivity index (χ1) is 9.18. The van der Waals surface area contributed by atoms with Gasteiger partial charge in [0.2, 0.25) is 0 Å². The van der Waals surface area contributed by atoms with Gasteiger partial charge >= 0.3 is 0 Å². The lowest BCUT2D eigenvalue weighted by atomic mass is 10.0. The van der Waals surface area contributed by atoms with Gasteiger partial charge in [0.15, 0.2) is 0 Å². The van der Waals surface area contributed by atoms with Crippen LogP contribution < -0.4 is 0 Å². The maximum absolute atomic E-state index is 12.0. The Balaban J connectivity index is 2.22. The number of benzene rings is 1. The molecule has 1 atom stereocenters. The molecule has 0 radical (unpaired) electrons. The SMILES string of the molecule is CS(=O)c1cccc2c1C(=O)N=C2c1cccnc1. The number of fused-ring (bicyclic) bond motifs is 1. The average molecular weight is 270 g/mol. The molecule has 5 heteroatoms. The molecule has 1 aliphatic heterocycles. The van der Waals surface area contributed by atoms with E-state index in [2.05, 4.69) is 9.98 Å². The van der Waals surface area contributed by atoms with Gasteiger partial charge in [0.05, 0.1) is 27.0 Å². The quantitative estimate of drug-likeness (QED) is 0.836. The zero-order valence-corrected chi connectivity index (χ0v) is 11.0. The first-order valence-corrected chi connectivity index (χ1v) is 7.24. The molecule has 3 rings (SSSR count). The molecule has 94 valence electrons. The Hall–Kier alpha value is -2.14. The zero-order valence-electron chi connectivity index (χ0n) is 10.2. The number of nitrogens with zero attached hydrogens (tertiary/aromatic N) is 2. The van der Waals surface area contributed by atoms with Crippen molar-refractivity contribution < 1.29 is 9.00 Å². The summed E-state index contributed by atoms with van der Waals surface area (Å²) in [6.07, 6.45) is 4.89. The number of amides is 1. The summed E-state index contributed by atoms with van der Waals surface area (Å²) in [7, 11) is -1.21. The Morgan fingerprint density at radius 2 is 2.00 bits per heavy atom. The Morgan fingerprint density at radius 1 is 1.16 bits per heavy atom. The van der Waals surface area contributed by atoms with Crippen molar-refractivity contribution in [3.8, 4) is 0 Å². The van der Waals surface area contributed by atoms with E-state index in [0.717, 1.165) is 11.1 Å². The van der Waals surface area contributed by atoms with Crippen LogP contribution in [0.3, 0.4) is 0 Å². The lowest BCUT2D eigenvalue weighted by molar-refractivity contribution is 0.100. The lowest BCUT2D eigenvalue weighted by Gasteiger charge is -2.05. The summed E-state index contributed by atoms with van der Waals surface area (Å²) < 4.78 is 11.7. The maximum Gasteiger partial charge on any atom is 0.279 e. The van der Waals surface area contributed by atoms with Gasteiger partial charge in [-0.25, -0.2) is 4.99 Å². The first-order valence-electron chi connectivity index (χ1n) is 5.68. The Bertz CT molecular complexity index is 723. The van der Waals surface area contributed by atoms with Crippen molar-refractivity contribution >= 4 is 22.4 Å². The highest BCUT2D eigenvalue weighted by molar-refractivity contribution is 7.84. The van der Waals surface area contributed by atoms with Crippen LogP contribution in [0.15, 0.2) is 52.6 Å². The highest BCUT2D eigenvalue weighted by Gasteiger charge is 2.27. The molecule has 0 aliphatic carbocycles. The van der Waals surface area contributed by atoms with E-state index in [1.165, 1.54) is 0 Å². The second-order valence-electron chi connectivity index (χ2n) is 4.14. The standard InChI is InChI=1S/C14H10N2O2S/c1-19(18)11-6-2-5-10-12(11)14(17)16-13(10)9-4-3-7-15-8-9/h2-8H,1H3. The second-order valence-corrected chi connectivity index (χ2v) is 5.49. The van der Waals surface area contributed by atoms with Crippen LogP contribution in [0.25, 0.3) is 0 Å². The fraction of sp³-hybridized carbons (Fsp3) is 0.0714.